The fourth-order valence-corrected chi connectivity index (χ4v) is 2.31. The van der Waals surface area contributed by atoms with Crippen LogP contribution in [0.25, 0.3) is 0 Å². The van der Waals surface area contributed by atoms with Gasteiger partial charge >= 0.3 is 0 Å². The molecule has 0 saturated heterocycles. The van der Waals surface area contributed by atoms with E-state index in [9.17, 15) is 5.11 Å². The standard InChI is InChI=1S/C15H22O2/c1-15(16,9-10-17-2)14-8-4-7-13(11-14)12-5-3-6-12/h4,7-8,11-12,16H,3,5-6,9-10H2,1-2H3. The molecule has 0 heterocycles. The van der Waals surface area contributed by atoms with Crippen molar-refractivity contribution in [1.82, 2.24) is 0 Å². The van der Waals surface area contributed by atoms with Crippen LogP contribution in [-0.2, 0) is 10.3 Å². The molecule has 0 amide bonds. The van der Waals surface area contributed by atoms with Gasteiger partial charge < -0.3 is 9.84 Å². The van der Waals surface area contributed by atoms with Gasteiger partial charge in [0, 0.05) is 20.1 Å². The average Bonchev–Trinajstić information content (AvgIpc) is 2.25. The van der Waals surface area contributed by atoms with E-state index in [4.69, 9.17) is 4.74 Å². The summed E-state index contributed by atoms with van der Waals surface area (Å²) in [5.74, 6) is 0.716. The maximum atomic E-state index is 10.4. The fourth-order valence-electron chi connectivity index (χ4n) is 2.31. The summed E-state index contributed by atoms with van der Waals surface area (Å²) in [6, 6.07) is 8.42. The molecule has 1 aromatic rings. The molecule has 1 unspecified atom stereocenters. The van der Waals surface area contributed by atoms with Crippen molar-refractivity contribution in [1.29, 1.82) is 0 Å². The Morgan fingerprint density at radius 1 is 1.41 bits per heavy atom. The Bertz CT molecular complexity index is 367. The molecule has 0 aliphatic heterocycles. The maximum absolute atomic E-state index is 10.4. The number of hydrogen-bond acceptors (Lipinski definition) is 2. The second kappa shape index (κ2) is 5.19. The molecule has 0 spiro atoms. The quantitative estimate of drug-likeness (QED) is 0.847. The van der Waals surface area contributed by atoms with Crippen molar-refractivity contribution < 1.29 is 9.84 Å². The van der Waals surface area contributed by atoms with Crippen molar-refractivity contribution in [2.45, 2.75) is 44.1 Å². The predicted octanol–water partition coefficient (Wildman–Crippen LogP) is 3.20. The third-order valence-corrected chi connectivity index (χ3v) is 3.88. The van der Waals surface area contributed by atoms with Crippen molar-refractivity contribution in [3.63, 3.8) is 0 Å². The third kappa shape index (κ3) is 2.88. The molecule has 0 radical (unpaired) electrons. The number of ether oxygens (including phenoxy) is 1. The van der Waals surface area contributed by atoms with E-state index in [0.717, 1.165) is 5.56 Å². The van der Waals surface area contributed by atoms with Crippen molar-refractivity contribution >= 4 is 0 Å². The van der Waals surface area contributed by atoms with Crippen LogP contribution in [0.5, 0.6) is 0 Å². The van der Waals surface area contributed by atoms with Crippen molar-refractivity contribution in [2.75, 3.05) is 13.7 Å². The Hall–Kier alpha value is -0.860. The van der Waals surface area contributed by atoms with Gasteiger partial charge in [-0.2, -0.15) is 0 Å². The highest BCUT2D eigenvalue weighted by atomic mass is 16.5. The van der Waals surface area contributed by atoms with Gasteiger partial charge in [0.25, 0.3) is 0 Å². The zero-order valence-electron chi connectivity index (χ0n) is 10.8. The van der Waals surface area contributed by atoms with E-state index in [0.29, 0.717) is 18.9 Å². The number of methoxy groups -OCH3 is 1. The van der Waals surface area contributed by atoms with Crippen LogP contribution in [0.2, 0.25) is 0 Å². The predicted molar refractivity (Wildman–Crippen MR) is 69.1 cm³/mol. The molecule has 1 aromatic carbocycles. The van der Waals surface area contributed by atoms with Crippen LogP contribution in [0.3, 0.4) is 0 Å². The number of benzene rings is 1. The highest BCUT2D eigenvalue weighted by Gasteiger charge is 2.25. The van der Waals surface area contributed by atoms with Crippen molar-refractivity contribution in [3.8, 4) is 0 Å². The zero-order chi connectivity index (χ0) is 12.3. The van der Waals surface area contributed by atoms with E-state index < -0.39 is 5.60 Å². The van der Waals surface area contributed by atoms with Crippen LogP contribution in [0.15, 0.2) is 24.3 Å². The van der Waals surface area contributed by atoms with Gasteiger partial charge in [-0.05, 0) is 36.8 Å². The van der Waals surface area contributed by atoms with Crippen LogP contribution >= 0.6 is 0 Å². The van der Waals surface area contributed by atoms with Crippen LogP contribution in [0.4, 0.5) is 0 Å². The van der Waals surface area contributed by atoms with Gasteiger partial charge in [-0.3, -0.25) is 0 Å². The second-order valence-corrected chi connectivity index (χ2v) is 5.27. The lowest BCUT2D eigenvalue weighted by molar-refractivity contribution is 0.0209. The fraction of sp³-hybridized carbons (Fsp3) is 0.600. The van der Waals surface area contributed by atoms with Crippen molar-refractivity contribution in [3.05, 3.63) is 35.4 Å². The third-order valence-electron chi connectivity index (χ3n) is 3.88. The molecule has 1 saturated carbocycles. The largest absolute Gasteiger partial charge is 0.385 e. The Morgan fingerprint density at radius 3 is 2.76 bits per heavy atom. The summed E-state index contributed by atoms with van der Waals surface area (Å²) in [4.78, 5) is 0. The molecule has 2 heteroatoms. The normalized spacial score (nSPS) is 19.7. The summed E-state index contributed by atoms with van der Waals surface area (Å²) in [6.45, 7) is 2.45. The molecule has 1 N–H and O–H groups in total. The van der Waals surface area contributed by atoms with Crippen LogP contribution in [-0.4, -0.2) is 18.8 Å². The monoisotopic (exact) mass is 234 g/mol. The van der Waals surface area contributed by atoms with Gasteiger partial charge in [-0.15, -0.1) is 0 Å². The first-order chi connectivity index (χ1) is 8.13. The number of aliphatic hydroxyl groups is 1. The van der Waals surface area contributed by atoms with Crippen LogP contribution in [0, 0.1) is 0 Å². The highest BCUT2D eigenvalue weighted by molar-refractivity contribution is 5.31. The van der Waals surface area contributed by atoms with Crippen molar-refractivity contribution in [2.24, 2.45) is 0 Å². The van der Waals surface area contributed by atoms with Gasteiger partial charge in [-0.25, -0.2) is 0 Å². The molecule has 1 atom stereocenters. The average molecular weight is 234 g/mol. The van der Waals surface area contributed by atoms with Gasteiger partial charge in [0.2, 0.25) is 0 Å². The Kier molecular flexibility index (Phi) is 3.85. The Balaban J connectivity index is 2.13. The highest BCUT2D eigenvalue weighted by Crippen LogP contribution is 2.37. The summed E-state index contributed by atoms with van der Waals surface area (Å²) >= 11 is 0. The topological polar surface area (TPSA) is 29.5 Å². The minimum absolute atomic E-state index is 0.584. The van der Waals surface area contributed by atoms with Crippen LogP contribution < -0.4 is 0 Å². The molecule has 0 bridgehead atoms. The lowest BCUT2D eigenvalue weighted by Crippen LogP contribution is -2.23. The summed E-state index contributed by atoms with van der Waals surface area (Å²) in [7, 11) is 1.67. The van der Waals surface area contributed by atoms with E-state index in [-0.39, 0.29) is 0 Å². The smallest absolute Gasteiger partial charge is 0.0890 e. The second-order valence-electron chi connectivity index (χ2n) is 5.27. The lowest BCUT2D eigenvalue weighted by atomic mass is 9.78. The maximum Gasteiger partial charge on any atom is 0.0890 e. The molecule has 1 aliphatic carbocycles. The van der Waals surface area contributed by atoms with Gasteiger partial charge in [0.05, 0.1) is 5.60 Å². The Labute approximate surface area is 104 Å². The van der Waals surface area contributed by atoms with E-state index in [2.05, 4.69) is 18.2 Å². The van der Waals surface area contributed by atoms with Gasteiger partial charge in [0.1, 0.15) is 0 Å². The van der Waals surface area contributed by atoms with Gasteiger partial charge in [-0.1, -0.05) is 30.7 Å². The first-order valence-electron chi connectivity index (χ1n) is 6.45. The summed E-state index contributed by atoms with van der Waals surface area (Å²) in [5, 5.41) is 10.4. The molecular weight excluding hydrogens is 212 g/mol. The Morgan fingerprint density at radius 2 is 2.18 bits per heavy atom. The summed E-state index contributed by atoms with van der Waals surface area (Å²) < 4.78 is 5.05. The van der Waals surface area contributed by atoms with E-state index >= 15 is 0 Å². The number of rotatable bonds is 5. The number of hydrogen-bond donors (Lipinski definition) is 1. The van der Waals surface area contributed by atoms with E-state index in [1.165, 1.54) is 24.8 Å². The molecule has 2 rings (SSSR count). The minimum Gasteiger partial charge on any atom is -0.385 e. The molecule has 17 heavy (non-hydrogen) atoms. The summed E-state index contributed by atoms with van der Waals surface area (Å²) in [5.41, 5.74) is 1.61. The molecule has 2 nitrogen and oxygen atoms in total. The zero-order valence-corrected chi connectivity index (χ0v) is 10.8. The van der Waals surface area contributed by atoms with E-state index in [1.54, 1.807) is 7.11 Å². The SMILES string of the molecule is COCCC(C)(O)c1cccc(C2CCC2)c1. The first kappa shape index (κ1) is 12.6. The molecule has 94 valence electrons. The summed E-state index contributed by atoms with van der Waals surface area (Å²) in [6.07, 6.45) is 4.57. The van der Waals surface area contributed by atoms with Gasteiger partial charge in [0.15, 0.2) is 0 Å². The molecule has 0 aromatic heterocycles. The van der Waals surface area contributed by atoms with E-state index in [1.807, 2.05) is 13.0 Å². The molecular formula is C15H22O2. The minimum atomic E-state index is -0.782. The van der Waals surface area contributed by atoms with Crippen LogP contribution in [0.1, 0.15) is 49.7 Å². The first-order valence-corrected chi connectivity index (χ1v) is 6.45. The molecule has 1 fully saturated rings. The molecule has 1 aliphatic rings. The lowest BCUT2D eigenvalue weighted by Gasteiger charge is -2.29.